The van der Waals surface area contributed by atoms with Gasteiger partial charge in [-0.05, 0) is 51.9 Å². The first-order valence-corrected chi connectivity index (χ1v) is 9.52. The van der Waals surface area contributed by atoms with Gasteiger partial charge >= 0.3 is 11.9 Å². The standard InChI is InChI=1S/C22H34O4/c1-3-4-5-6-7-8-9-10-11-12-13-14-15-16-17-18-19-22(2,20(23)24)21(25)26/h7-8,10-11,13-14,16-17H,3-6,9,12,15,18-19H2,1-2H3,(H,23,24)(H,25,26)/b8-7-,11-10-,14-13-,17-16-. The van der Waals surface area contributed by atoms with Crippen molar-refractivity contribution in [2.75, 3.05) is 0 Å². The van der Waals surface area contributed by atoms with Crippen molar-refractivity contribution in [3.63, 3.8) is 0 Å². The lowest BCUT2D eigenvalue weighted by molar-refractivity contribution is -0.163. The fourth-order valence-electron chi connectivity index (χ4n) is 2.24. The van der Waals surface area contributed by atoms with E-state index >= 15 is 0 Å². The third kappa shape index (κ3) is 11.5. The summed E-state index contributed by atoms with van der Waals surface area (Å²) in [7, 11) is 0. The number of carboxylic acids is 2. The van der Waals surface area contributed by atoms with Crippen molar-refractivity contribution >= 4 is 11.9 Å². The third-order valence-corrected chi connectivity index (χ3v) is 4.21. The van der Waals surface area contributed by atoms with Gasteiger partial charge in [0.1, 0.15) is 0 Å². The van der Waals surface area contributed by atoms with E-state index in [0.717, 1.165) is 19.3 Å². The van der Waals surface area contributed by atoms with E-state index in [1.807, 2.05) is 12.2 Å². The molecular weight excluding hydrogens is 328 g/mol. The van der Waals surface area contributed by atoms with Crippen LogP contribution in [-0.4, -0.2) is 22.2 Å². The molecule has 0 radical (unpaired) electrons. The molecule has 0 saturated heterocycles. The maximum Gasteiger partial charge on any atom is 0.320 e. The lowest BCUT2D eigenvalue weighted by atomic mass is 9.85. The molecule has 0 amide bonds. The predicted octanol–water partition coefficient (Wildman–Crippen LogP) is 5.92. The average Bonchev–Trinajstić information content (AvgIpc) is 2.60. The number of carboxylic acid groups (broad SMARTS) is 2. The molecule has 0 saturated carbocycles. The summed E-state index contributed by atoms with van der Waals surface area (Å²) in [5.41, 5.74) is -1.71. The highest BCUT2D eigenvalue weighted by atomic mass is 16.4. The highest BCUT2D eigenvalue weighted by molar-refractivity contribution is 5.97. The molecular formula is C22H34O4. The van der Waals surface area contributed by atoms with E-state index in [-0.39, 0.29) is 6.42 Å². The molecule has 0 aromatic heterocycles. The van der Waals surface area contributed by atoms with Crippen LogP contribution in [0.4, 0.5) is 0 Å². The minimum atomic E-state index is -1.71. The number of hydrogen-bond acceptors (Lipinski definition) is 2. The molecule has 0 aromatic carbocycles. The molecule has 0 heterocycles. The SMILES string of the molecule is CCCCC/C=C\C/C=C\C/C=C\C/C=C\CCC(C)(C(=O)O)C(=O)O. The van der Waals surface area contributed by atoms with Crippen LogP contribution in [0.3, 0.4) is 0 Å². The van der Waals surface area contributed by atoms with Crippen LogP contribution in [0.2, 0.25) is 0 Å². The van der Waals surface area contributed by atoms with Gasteiger partial charge in [-0.2, -0.15) is 0 Å². The van der Waals surface area contributed by atoms with E-state index in [0.29, 0.717) is 6.42 Å². The van der Waals surface area contributed by atoms with E-state index in [1.165, 1.54) is 32.6 Å². The van der Waals surface area contributed by atoms with Gasteiger partial charge in [0.15, 0.2) is 5.41 Å². The Labute approximate surface area is 158 Å². The van der Waals surface area contributed by atoms with Crippen molar-refractivity contribution in [1.29, 1.82) is 0 Å². The molecule has 146 valence electrons. The van der Waals surface area contributed by atoms with Crippen molar-refractivity contribution in [1.82, 2.24) is 0 Å². The molecule has 0 aliphatic heterocycles. The second kappa shape index (κ2) is 15.2. The van der Waals surface area contributed by atoms with E-state index in [9.17, 15) is 9.59 Å². The summed E-state index contributed by atoms with van der Waals surface area (Å²) in [4.78, 5) is 22.1. The Balaban J connectivity index is 3.81. The molecule has 0 bridgehead atoms. The van der Waals surface area contributed by atoms with Crippen LogP contribution in [0.5, 0.6) is 0 Å². The van der Waals surface area contributed by atoms with Crippen LogP contribution < -0.4 is 0 Å². The summed E-state index contributed by atoms with van der Waals surface area (Å²) >= 11 is 0. The molecule has 0 aliphatic carbocycles. The van der Waals surface area contributed by atoms with Crippen molar-refractivity contribution in [2.24, 2.45) is 5.41 Å². The van der Waals surface area contributed by atoms with Gasteiger partial charge in [-0.3, -0.25) is 9.59 Å². The number of hydrogen-bond donors (Lipinski definition) is 2. The van der Waals surface area contributed by atoms with Gasteiger partial charge in [-0.15, -0.1) is 0 Å². The Morgan fingerprint density at radius 1 is 0.731 bits per heavy atom. The summed E-state index contributed by atoms with van der Waals surface area (Å²) in [5, 5.41) is 18.0. The molecule has 0 aromatic rings. The number of carbonyl (C=O) groups is 2. The van der Waals surface area contributed by atoms with Crippen molar-refractivity contribution in [3.8, 4) is 0 Å². The molecule has 0 unspecified atom stereocenters. The zero-order valence-corrected chi connectivity index (χ0v) is 16.2. The fourth-order valence-corrected chi connectivity index (χ4v) is 2.24. The molecule has 4 nitrogen and oxygen atoms in total. The average molecular weight is 363 g/mol. The second-order valence-electron chi connectivity index (χ2n) is 6.57. The van der Waals surface area contributed by atoms with Crippen LogP contribution in [0.15, 0.2) is 48.6 Å². The molecule has 4 heteroatoms. The zero-order valence-electron chi connectivity index (χ0n) is 16.2. The van der Waals surface area contributed by atoms with Crippen molar-refractivity contribution in [3.05, 3.63) is 48.6 Å². The predicted molar refractivity (Wildman–Crippen MR) is 107 cm³/mol. The van der Waals surface area contributed by atoms with Gasteiger partial charge in [-0.25, -0.2) is 0 Å². The monoisotopic (exact) mass is 362 g/mol. The topological polar surface area (TPSA) is 74.6 Å². The van der Waals surface area contributed by atoms with Crippen LogP contribution in [0.1, 0.15) is 71.6 Å². The lowest BCUT2D eigenvalue weighted by Crippen LogP contribution is -2.36. The second-order valence-corrected chi connectivity index (χ2v) is 6.57. The highest BCUT2D eigenvalue weighted by Crippen LogP contribution is 2.24. The number of allylic oxidation sites excluding steroid dienone is 8. The summed E-state index contributed by atoms with van der Waals surface area (Å²) in [6.45, 7) is 3.46. The van der Waals surface area contributed by atoms with Crippen LogP contribution in [0, 0.1) is 5.41 Å². The lowest BCUT2D eigenvalue weighted by Gasteiger charge is -2.18. The minimum absolute atomic E-state index is 0.0899. The normalized spacial score (nSPS) is 12.8. The van der Waals surface area contributed by atoms with E-state index in [1.54, 1.807) is 0 Å². The van der Waals surface area contributed by atoms with Gasteiger partial charge in [-0.1, -0.05) is 68.4 Å². The Morgan fingerprint density at radius 2 is 1.15 bits per heavy atom. The summed E-state index contributed by atoms with van der Waals surface area (Å²) in [6, 6.07) is 0. The van der Waals surface area contributed by atoms with E-state index in [4.69, 9.17) is 10.2 Å². The van der Waals surface area contributed by atoms with Gasteiger partial charge in [0.25, 0.3) is 0 Å². The van der Waals surface area contributed by atoms with Crippen LogP contribution >= 0.6 is 0 Å². The Morgan fingerprint density at radius 3 is 1.58 bits per heavy atom. The van der Waals surface area contributed by atoms with Crippen LogP contribution in [-0.2, 0) is 9.59 Å². The van der Waals surface area contributed by atoms with Gasteiger partial charge in [0.05, 0.1) is 0 Å². The fraction of sp³-hybridized carbons (Fsp3) is 0.545. The first kappa shape index (κ1) is 23.9. The summed E-state index contributed by atoms with van der Waals surface area (Å²) < 4.78 is 0. The summed E-state index contributed by atoms with van der Waals surface area (Å²) in [6.07, 6.45) is 24.9. The molecule has 0 rings (SSSR count). The molecule has 0 aliphatic rings. The smallest absolute Gasteiger partial charge is 0.320 e. The number of rotatable bonds is 15. The molecule has 2 N–H and O–H groups in total. The van der Waals surface area contributed by atoms with Crippen molar-refractivity contribution in [2.45, 2.75) is 71.6 Å². The zero-order chi connectivity index (χ0) is 19.7. The minimum Gasteiger partial charge on any atom is -0.480 e. The van der Waals surface area contributed by atoms with Gasteiger partial charge in [0.2, 0.25) is 0 Å². The third-order valence-electron chi connectivity index (χ3n) is 4.21. The maximum absolute atomic E-state index is 11.0. The first-order chi connectivity index (χ1) is 12.4. The Bertz CT molecular complexity index is 498. The summed E-state index contributed by atoms with van der Waals surface area (Å²) in [5.74, 6) is -2.58. The van der Waals surface area contributed by atoms with E-state index in [2.05, 4.69) is 43.4 Å². The molecule has 0 fully saturated rings. The molecule has 0 atom stereocenters. The van der Waals surface area contributed by atoms with Crippen LogP contribution in [0.25, 0.3) is 0 Å². The molecule has 26 heavy (non-hydrogen) atoms. The quantitative estimate of drug-likeness (QED) is 0.215. The largest absolute Gasteiger partial charge is 0.480 e. The Hall–Kier alpha value is -2.10. The number of unbranched alkanes of at least 4 members (excludes halogenated alkanes) is 3. The number of aliphatic carboxylic acids is 2. The highest BCUT2D eigenvalue weighted by Gasteiger charge is 2.40. The van der Waals surface area contributed by atoms with Gasteiger partial charge < -0.3 is 10.2 Å². The first-order valence-electron chi connectivity index (χ1n) is 9.52. The molecule has 0 spiro atoms. The van der Waals surface area contributed by atoms with Crippen molar-refractivity contribution < 1.29 is 19.8 Å². The Kier molecular flexibility index (Phi) is 14.0. The van der Waals surface area contributed by atoms with Gasteiger partial charge in [0, 0.05) is 0 Å². The van der Waals surface area contributed by atoms with E-state index < -0.39 is 17.4 Å². The maximum atomic E-state index is 11.0.